The number of nitrogens with one attached hydrogen (secondary N) is 2. The quantitative estimate of drug-likeness (QED) is 0.808. The fourth-order valence-corrected chi connectivity index (χ4v) is 3.14. The van der Waals surface area contributed by atoms with Crippen molar-refractivity contribution < 1.29 is 9.59 Å². The fourth-order valence-electron chi connectivity index (χ4n) is 2.06. The van der Waals surface area contributed by atoms with Crippen LogP contribution < -0.4 is 10.6 Å². The summed E-state index contributed by atoms with van der Waals surface area (Å²) in [5, 5.41) is 6.34. The molecule has 1 aromatic rings. The van der Waals surface area contributed by atoms with E-state index in [9.17, 15) is 9.59 Å². The number of nitrogens with zero attached hydrogens (tertiary/aromatic N) is 1. The molecule has 2 heterocycles. The van der Waals surface area contributed by atoms with Crippen LogP contribution in [-0.2, 0) is 0 Å². The molecule has 19 heavy (non-hydrogen) atoms. The number of fused-ring (bicyclic) bond motifs is 1. The van der Waals surface area contributed by atoms with Crippen molar-refractivity contribution in [2.24, 2.45) is 4.99 Å². The van der Waals surface area contributed by atoms with Crippen molar-refractivity contribution in [2.45, 2.75) is 19.4 Å². The maximum absolute atomic E-state index is 11.6. The number of rotatable bonds is 2. The van der Waals surface area contributed by atoms with Gasteiger partial charge in [0.1, 0.15) is 0 Å². The van der Waals surface area contributed by atoms with Crippen molar-refractivity contribution in [3.8, 4) is 0 Å². The lowest BCUT2D eigenvalue weighted by atomic mass is 10.1. The van der Waals surface area contributed by atoms with Gasteiger partial charge in [0.2, 0.25) is 0 Å². The van der Waals surface area contributed by atoms with Gasteiger partial charge >= 0.3 is 0 Å². The van der Waals surface area contributed by atoms with Gasteiger partial charge in [-0.05, 0) is 24.6 Å². The molecule has 2 aliphatic heterocycles. The lowest BCUT2D eigenvalue weighted by Crippen LogP contribution is -2.19. The number of carbonyl (C=O) groups is 2. The summed E-state index contributed by atoms with van der Waals surface area (Å²) >= 11 is 1.68. The third kappa shape index (κ3) is 2.23. The van der Waals surface area contributed by atoms with Crippen LogP contribution in [-0.4, -0.2) is 28.8 Å². The first kappa shape index (κ1) is 12.2. The fraction of sp³-hybridized carbons (Fsp3) is 0.308. The van der Waals surface area contributed by atoms with E-state index in [0.717, 1.165) is 23.0 Å². The molecule has 2 aliphatic rings. The summed E-state index contributed by atoms with van der Waals surface area (Å²) in [5.41, 5.74) is 1.64. The summed E-state index contributed by atoms with van der Waals surface area (Å²) in [5.74, 6) is 0.323. The summed E-state index contributed by atoms with van der Waals surface area (Å²) in [4.78, 5) is 27.5. The minimum absolute atomic E-state index is 0.329. The van der Waals surface area contributed by atoms with Crippen LogP contribution in [0.15, 0.2) is 23.2 Å². The number of hydrogen-bond donors (Lipinski definition) is 2. The minimum atomic E-state index is -0.337. The Morgan fingerprint density at radius 2 is 2.16 bits per heavy atom. The van der Waals surface area contributed by atoms with Crippen LogP contribution in [0.3, 0.4) is 0 Å². The van der Waals surface area contributed by atoms with Gasteiger partial charge in [0.25, 0.3) is 11.8 Å². The van der Waals surface area contributed by atoms with Crippen LogP contribution in [0.4, 0.5) is 5.69 Å². The van der Waals surface area contributed by atoms with Crippen LogP contribution in [0.5, 0.6) is 0 Å². The summed E-state index contributed by atoms with van der Waals surface area (Å²) < 4.78 is 0. The Labute approximate surface area is 114 Å². The molecule has 0 spiro atoms. The Hall–Kier alpha value is -1.82. The molecule has 98 valence electrons. The Morgan fingerprint density at radius 1 is 1.37 bits per heavy atom. The normalized spacial score (nSPS) is 21.1. The van der Waals surface area contributed by atoms with Crippen molar-refractivity contribution in [2.75, 3.05) is 11.1 Å². The molecule has 6 heteroatoms. The summed E-state index contributed by atoms with van der Waals surface area (Å²) in [6.07, 6.45) is 1.03. The maximum Gasteiger partial charge on any atom is 0.259 e. The molecule has 1 aromatic carbocycles. The third-order valence-electron chi connectivity index (χ3n) is 3.17. The van der Waals surface area contributed by atoms with Crippen molar-refractivity contribution in [3.63, 3.8) is 0 Å². The molecule has 2 N–H and O–H groups in total. The largest absolute Gasteiger partial charge is 0.335 e. The molecule has 0 saturated carbocycles. The summed E-state index contributed by atoms with van der Waals surface area (Å²) in [7, 11) is 0. The molecule has 5 nitrogen and oxygen atoms in total. The van der Waals surface area contributed by atoms with E-state index < -0.39 is 0 Å². The van der Waals surface area contributed by atoms with Crippen LogP contribution >= 0.6 is 11.8 Å². The highest BCUT2D eigenvalue weighted by Crippen LogP contribution is 2.24. The monoisotopic (exact) mass is 275 g/mol. The van der Waals surface area contributed by atoms with Crippen molar-refractivity contribution >= 4 is 34.4 Å². The second-order valence-electron chi connectivity index (χ2n) is 4.48. The standard InChI is InChI=1S/C13H13N3O2S/c1-2-7-6-19-13(14-7)15-8-3-4-9-10(5-8)12(18)16-11(9)17/h3-5,7H,2,6H2,1H3,(H,14,15)(H,16,17,18). The zero-order valence-electron chi connectivity index (χ0n) is 10.4. The lowest BCUT2D eigenvalue weighted by Gasteiger charge is -2.05. The van der Waals surface area contributed by atoms with Gasteiger partial charge in [-0.2, -0.15) is 0 Å². The molecule has 0 aromatic heterocycles. The molecule has 0 aliphatic carbocycles. The number of aliphatic imine (C=N–C) groups is 1. The highest BCUT2D eigenvalue weighted by Gasteiger charge is 2.27. The van der Waals surface area contributed by atoms with E-state index in [1.807, 2.05) is 0 Å². The Morgan fingerprint density at radius 3 is 2.89 bits per heavy atom. The first-order chi connectivity index (χ1) is 9.17. The molecule has 1 unspecified atom stereocenters. The van der Waals surface area contributed by atoms with Crippen LogP contribution in [0.2, 0.25) is 0 Å². The van der Waals surface area contributed by atoms with E-state index in [2.05, 4.69) is 22.5 Å². The number of amidine groups is 1. The first-order valence-electron chi connectivity index (χ1n) is 6.14. The van der Waals surface area contributed by atoms with Gasteiger partial charge in [-0.1, -0.05) is 18.7 Å². The average Bonchev–Trinajstić information content (AvgIpc) is 2.96. The zero-order valence-corrected chi connectivity index (χ0v) is 11.2. The number of thioether (sulfide) groups is 1. The van der Waals surface area contributed by atoms with Gasteiger partial charge in [0.15, 0.2) is 5.17 Å². The number of anilines is 1. The Balaban J connectivity index is 1.82. The van der Waals surface area contributed by atoms with Crippen molar-refractivity contribution in [1.82, 2.24) is 5.32 Å². The van der Waals surface area contributed by atoms with Crippen LogP contribution in [0.25, 0.3) is 0 Å². The van der Waals surface area contributed by atoms with E-state index in [1.165, 1.54) is 0 Å². The highest BCUT2D eigenvalue weighted by atomic mass is 32.2. The Bertz CT molecular complexity index is 598. The van der Waals surface area contributed by atoms with Gasteiger partial charge in [-0.3, -0.25) is 19.9 Å². The highest BCUT2D eigenvalue weighted by molar-refractivity contribution is 8.14. The van der Waals surface area contributed by atoms with Gasteiger partial charge in [0, 0.05) is 11.4 Å². The molecule has 0 radical (unpaired) electrons. The second-order valence-corrected chi connectivity index (χ2v) is 5.48. The molecule has 0 fully saturated rings. The topological polar surface area (TPSA) is 70.6 Å². The Kier molecular flexibility index (Phi) is 3.02. The van der Waals surface area contributed by atoms with Crippen LogP contribution in [0.1, 0.15) is 34.1 Å². The van der Waals surface area contributed by atoms with E-state index in [0.29, 0.717) is 17.2 Å². The molecule has 0 bridgehead atoms. The van der Waals surface area contributed by atoms with Crippen molar-refractivity contribution in [3.05, 3.63) is 29.3 Å². The maximum atomic E-state index is 11.6. The van der Waals surface area contributed by atoms with E-state index in [4.69, 9.17) is 0 Å². The third-order valence-corrected chi connectivity index (χ3v) is 4.20. The predicted molar refractivity (Wildman–Crippen MR) is 75.8 cm³/mol. The van der Waals surface area contributed by atoms with E-state index >= 15 is 0 Å². The molecule has 3 rings (SSSR count). The number of benzene rings is 1. The first-order valence-corrected chi connectivity index (χ1v) is 7.13. The summed E-state index contributed by atoms with van der Waals surface area (Å²) in [6, 6.07) is 5.51. The van der Waals surface area contributed by atoms with Gasteiger partial charge in [0.05, 0.1) is 17.2 Å². The smallest absolute Gasteiger partial charge is 0.259 e. The molecular weight excluding hydrogens is 262 g/mol. The van der Waals surface area contributed by atoms with Gasteiger partial charge in [-0.25, -0.2) is 0 Å². The number of amides is 2. The van der Waals surface area contributed by atoms with Gasteiger partial charge in [-0.15, -0.1) is 0 Å². The van der Waals surface area contributed by atoms with E-state index in [1.54, 1.807) is 30.0 Å². The minimum Gasteiger partial charge on any atom is -0.335 e. The molecule has 1 atom stereocenters. The van der Waals surface area contributed by atoms with E-state index in [-0.39, 0.29) is 11.8 Å². The number of hydrogen-bond acceptors (Lipinski definition) is 5. The zero-order chi connectivity index (χ0) is 13.4. The summed E-state index contributed by atoms with van der Waals surface area (Å²) in [6.45, 7) is 2.11. The molecular formula is C13H13N3O2S. The lowest BCUT2D eigenvalue weighted by molar-refractivity contribution is 0.0879. The predicted octanol–water partition coefficient (Wildman–Crippen LogP) is 1.86. The molecule has 2 amide bonds. The average molecular weight is 275 g/mol. The SMILES string of the molecule is CCC1CSC(Nc2ccc3c(c2)C(=O)NC3=O)=N1. The number of carbonyl (C=O) groups excluding carboxylic acids is 2. The van der Waals surface area contributed by atoms with Gasteiger partial charge < -0.3 is 5.32 Å². The van der Waals surface area contributed by atoms with Crippen LogP contribution in [0, 0.1) is 0 Å². The second kappa shape index (κ2) is 4.70. The molecule has 0 saturated heterocycles. The number of imide groups is 1. The van der Waals surface area contributed by atoms with Crippen molar-refractivity contribution in [1.29, 1.82) is 0 Å².